The fraction of sp³-hybridized carbons (Fsp3) is 0.333. The monoisotopic (exact) mass is 243 g/mol. The van der Waals surface area contributed by atoms with Gasteiger partial charge < -0.3 is 5.32 Å². The molecule has 6 heteroatoms. The summed E-state index contributed by atoms with van der Waals surface area (Å²) in [5, 5.41) is 6.81. The first-order valence-electron chi connectivity index (χ1n) is 5.83. The van der Waals surface area contributed by atoms with Crippen molar-refractivity contribution in [1.82, 2.24) is 19.7 Å². The van der Waals surface area contributed by atoms with Crippen LogP contribution in [0.4, 0.5) is 5.82 Å². The Bertz CT molecular complexity index is 617. The van der Waals surface area contributed by atoms with Crippen LogP contribution < -0.4 is 5.32 Å². The molecule has 0 aromatic carbocycles. The summed E-state index contributed by atoms with van der Waals surface area (Å²) in [5.74, 6) is 1.05. The predicted molar refractivity (Wildman–Crippen MR) is 65.4 cm³/mol. The minimum absolute atomic E-state index is 0.268. The van der Waals surface area contributed by atoms with Gasteiger partial charge in [0.05, 0.1) is 6.54 Å². The quantitative estimate of drug-likeness (QED) is 0.822. The van der Waals surface area contributed by atoms with Crippen LogP contribution in [0.15, 0.2) is 18.6 Å². The van der Waals surface area contributed by atoms with Gasteiger partial charge in [-0.25, -0.2) is 14.6 Å². The van der Waals surface area contributed by atoms with E-state index in [9.17, 15) is 4.79 Å². The minimum atomic E-state index is -0.268. The number of rotatable bonds is 1. The number of carbonyl (C=O) groups is 1. The largest absolute Gasteiger partial charge is 0.304 e. The van der Waals surface area contributed by atoms with Gasteiger partial charge in [0, 0.05) is 11.8 Å². The first-order valence-corrected chi connectivity index (χ1v) is 5.83. The molecule has 0 bridgehead atoms. The van der Waals surface area contributed by atoms with Gasteiger partial charge >= 0.3 is 0 Å². The van der Waals surface area contributed by atoms with Crippen LogP contribution in [-0.4, -0.2) is 25.7 Å². The fourth-order valence-corrected chi connectivity index (χ4v) is 1.96. The summed E-state index contributed by atoms with van der Waals surface area (Å²) in [6.07, 6.45) is 3.19. The molecule has 0 saturated heterocycles. The maximum atomic E-state index is 11.9. The molecule has 3 rings (SSSR count). The molecular weight excluding hydrogens is 230 g/mol. The zero-order chi connectivity index (χ0) is 12.7. The third-order valence-corrected chi connectivity index (χ3v) is 3.03. The Hall–Kier alpha value is -2.24. The van der Waals surface area contributed by atoms with E-state index in [0.717, 1.165) is 11.1 Å². The third-order valence-electron chi connectivity index (χ3n) is 3.03. The Labute approximate surface area is 104 Å². The van der Waals surface area contributed by atoms with Crippen LogP contribution in [0.3, 0.4) is 0 Å². The minimum Gasteiger partial charge on any atom is -0.304 e. The lowest BCUT2D eigenvalue weighted by Gasteiger charge is -2.10. The summed E-state index contributed by atoms with van der Waals surface area (Å²) < 4.78 is 1.59. The van der Waals surface area contributed by atoms with Gasteiger partial charge in [-0.3, -0.25) is 4.79 Å². The number of pyridine rings is 1. The molecule has 2 aromatic rings. The average molecular weight is 243 g/mol. The van der Waals surface area contributed by atoms with Gasteiger partial charge in [0.15, 0.2) is 0 Å². The van der Waals surface area contributed by atoms with E-state index < -0.39 is 0 Å². The maximum absolute atomic E-state index is 11.9. The van der Waals surface area contributed by atoms with E-state index in [1.807, 2.05) is 0 Å². The van der Waals surface area contributed by atoms with Crippen LogP contribution in [0, 0.1) is 0 Å². The normalized spacial score (nSPS) is 13.8. The molecule has 1 aliphatic heterocycles. The van der Waals surface area contributed by atoms with Gasteiger partial charge in [-0.1, -0.05) is 13.8 Å². The molecule has 92 valence electrons. The van der Waals surface area contributed by atoms with Crippen molar-refractivity contribution < 1.29 is 4.79 Å². The van der Waals surface area contributed by atoms with Gasteiger partial charge in [0.2, 0.25) is 5.82 Å². The van der Waals surface area contributed by atoms with Crippen LogP contribution in [-0.2, 0) is 6.54 Å². The molecule has 0 saturated carbocycles. The average Bonchev–Trinajstić information content (AvgIpc) is 2.74. The summed E-state index contributed by atoms with van der Waals surface area (Å²) in [5.41, 5.74) is 2.10. The standard InChI is InChI=1S/C12H13N5O/c1-7(2)8-3-9-5-17-11(14-6-15-17)12(18)16-10(9)13-4-8/h3-4,6-7H,5H2,1-2H3,(H,13,16,18). The van der Waals surface area contributed by atoms with Gasteiger partial charge in [-0.15, -0.1) is 0 Å². The van der Waals surface area contributed by atoms with Crippen LogP contribution in [0.2, 0.25) is 0 Å². The van der Waals surface area contributed by atoms with Crippen LogP contribution in [0.1, 0.15) is 41.5 Å². The molecule has 18 heavy (non-hydrogen) atoms. The number of anilines is 1. The van der Waals surface area contributed by atoms with Crippen molar-refractivity contribution in [3.63, 3.8) is 0 Å². The second-order valence-electron chi connectivity index (χ2n) is 4.63. The zero-order valence-corrected chi connectivity index (χ0v) is 10.2. The molecule has 1 amide bonds. The van der Waals surface area contributed by atoms with E-state index in [4.69, 9.17) is 0 Å². The molecule has 1 aliphatic rings. The van der Waals surface area contributed by atoms with E-state index in [-0.39, 0.29) is 5.91 Å². The predicted octanol–water partition coefficient (Wildman–Crippen LogP) is 1.41. The summed E-state index contributed by atoms with van der Waals surface area (Å²) in [6, 6.07) is 2.06. The molecule has 0 radical (unpaired) electrons. The molecule has 0 aliphatic carbocycles. The molecule has 3 heterocycles. The Morgan fingerprint density at radius 2 is 2.22 bits per heavy atom. The zero-order valence-electron chi connectivity index (χ0n) is 10.2. The van der Waals surface area contributed by atoms with Crippen LogP contribution >= 0.6 is 0 Å². The molecule has 0 fully saturated rings. The second kappa shape index (κ2) is 3.90. The Morgan fingerprint density at radius 3 is 3.00 bits per heavy atom. The highest BCUT2D eigenvalue weighted by Crippen LogP contribution is 2.23. The summed E-state index contributed by atoms with van der Waals surface area (Å²) in [6.45, 7) is 4.73. The van der Waals surface area contributed by atoms with E-state index >= 15 is 0 Å². The summed E-state index contributed by atoms with van der Waals surface area (Å²) >= 11 is 0. The van der Waals surface area contributed by atoms with Crippen molar-refractivity contribution in [2.75, 3.05) is 5.32 Å². The van der Waals surface area contributed by atoms with Crippen molar-refractivity contribution in [3.05, 3.63) is 35.5 Å². The van der Waals surface area contributed by atoms with E-state index in [1.165, 1.54) is 6.33 Å². The summed E-state index contributed by atoms with van der Waals surface area (Å²) in [4.78, 5) is 20.1. The van der Waals surface area contributed by atoms with E-state index in [1.54, 1.807) is 10.9 Å². The second-order valence-corrected chi connectivity index (χ2v) is 4.63. The smallest absolute Gasteiger partial charge is 0.294 e. The highest BCUT2D eigenvalue weighted by atomic mass is 16.2. The lowest BCUT2D eigenvalue weighted by atomic mass is 10.0. The maximum Gasteiger partial charge on any atom is 0.294 e. The first kappa shape index (κ1) is 10.9. The van der Waals surface area contributed by atoms with Crippen molar-refractivity contribution in [1.29, 1.82) is 0 Å². The number of aromatic nitrogens is 4. The number of hydrogen-bond donors (Lipinski definition) is 1. The SMILES string of the molecule is CC(C)c1cnc2c(c1)Cn1ncnc1C(=O)N2. The number of amides is 1. The molecule has 0 spiro atoms. The highest BCUT2D eigenvalue weighted by molar-refractivity contribution is 6.02. The fourth-order valence-electron chi connectivity index (χ4n) is 1.96. The van der Waals surface area contributed by atoms with Gasteiger partial charge in [-0.05, 0) is 17.5 Å². The number of hydrogen-bond acceptors (Lipinski definition) is 4. The summed E-state index contributed by atoms with van der Waals surface area (Å²) in [7, 11) is 0. The van der Waals surface area contributed by atoms with Crippen molar-refractivity contribution in [3.8, 4) is 0 Å². The highest BCUT2D eigenvalue weighted by Gasteiger charge is 2.22. The molecule has 2 aromatic heterocycles. The lowest BCUT2D eigenvalue weighted by Crippen LogP contribution is -2.15. The number of fused-ring (bicyclic) bond motifs is 2. The van der Waals surface area contributed by atoms with Crippen LogP contribution in [0.5, 0.6) is 0 Å². The molecule has 0 atom stereocenters. The topological polar surface area (TPSA) is 72.7 Å². The van der Waals surface area contributed by atoms with Crippen molar-refractivity contribution in [2.24, 2.45) is 0 Å². The number of carbonyl (C=O) groups excluding carboxylic acids is 1. The van der Waals surface area contributed by atoms with Gasteiger partial charge in [0.25, 0.3) is 5.91 Å². The van der Waals surface area contributed by atoms with Crippen molar-refractivity contribution >= 4 is 11.7 Å². The third kappa shape index (κ3) is 1.66. The van der Waals surface area contributed by atoms with Gasteiger partial charge in [-0.2, -0.15) is 5.10 Å². The first-order chi connectivity index (χ1) is 8.65. The molecule has 0 unspecified atom stereocenters. The van der Waals surface area contributed by atoms with Gasteiger partial charge in [0.1, 0.15) is 12.1 Å². The van der Waals surface area contributed by atoms with E-state index in [0.29, 0.717) is 24.1 Å². The Balaban J connectivity index is 2.10. The van der Waals surface area contributed by atoms with Crippen molar-refractivity contribution in [2.45, 2.75) is 26.3 Å². The van der Waals surface area contributed by atoms with Crippen LogP contribution in [0.25, 0.3) is 0 Å². The number of nitrogens with zero attached hydrogens (tertiary/aromatic N) is 4. The number of nitrogens with one attached hydrogen (secondary N) is 1. The lowest BCUT2D eigenvalue weighted by molar-refractivity contribution is 0.101. The molecule has 1 N–H and O–H groups in total. The Kier molecular flexibility index (Phi) is 2.36. The Morgan fingerprint density at radius 1 is 1.39 bits per heavy atom. The molecular formula is C12H13N5O. The van der Waals surface area contributed by atoms with E-state index in [2.05, 4.69) is 40.3 Å². The molecule has 6 nitrogen and oxygen atoms in total.